The van der Waals surface area contributed by atoms with Gasteiger partial charge in [0, 0.05) is 11.4 Å². The molecule has 2 aromatic carbocycles. The number of carboxylic acids is 1. The molecule has 0 saturated heterocycles. The third-order valence-electron chi connectivity index (χ3n) is 6.43. The summed E-state index contributed by atoms with van der Waals surface area (Å²) >= 11 is 0. The molecule has 2 aromatic rings. The lowest BCUT2D eigenvalue weighted by molar-refractivity contribution is -0.141. The van der Waals surface area contributed by atoms with Gasteiger partial charge in [-0.15, -0.1) is 0 Å². The number of fused-ring (bicyclic) bond motifs is 1. The molecule has 5 amide bonds. The average Bonchev–Trinajstić information content (AvgIpc) is 3.00. The lowest BCUT2D eigenvalue weighted by atomic mass is 10.0. The number of amides is 5. The predicted octanol–water partition coefficient (Wildman–Crippen LogP) is -0.620. The standard InChI is InChI=1S/C28H34N8O7S2/c29-24(40)22-23(15-7-2-1-3-8-15)45-44-19-11-5-4-9-16(19)25(41)35-17(10-6-12-32-28(30)31)26(42)33-14-20(37)34-18(13-21(38)39)27(43)36-22/h1-5,7-9,11,17-18,22-23H,6,10,12-14H2,(H2,29,40)(H,33,42)(H,34,37)(H,35,41)(H,36,43)(H,38,39)(H4,30,31,32)/t17-,18-,22-,23?/m0/s1. The zero-order valence-corrected chi connectivity index (χ0v) is 25.6. The molecular formula is C28H34N8O7S2. The Hall–Kier alpha value is -4.77. The van der Waals surface area contributed by atoms with Crippen molar-refractivity contribution in [3.8, 4) is 0 Å². The van der Waals surface area contributed by atoms with Crippen molar-refractivity contribution in [2.75, 3.05) is 13.1 Å². The Morgan fingerprint density at radius 3 is 2.24 bits per heavy atom. The van der Waals surface area contributed by atoms with Gasteiger partial charge in [-0.05, 0) is 30.5 Å². The van der Waals surface area contributed by atoms with Gasteiger partial charge < -0.3 is 43.6 Å². The second-order valence-corrected chi connectivity index (χ2v) is 12.2. The molecule has 0 aliphatic carbocycles. The predicted molar refractivity (Wildman–Crippen MR) is 169 cm³/mol. The number of aliphatic imine (C=N–C) groups is 1. The number of aliphatic carboxylic acids is 1. The minimum atomic E-state index is -1.60. The van der Waals surface area contributed by atoms with Crippen LogP contribution in [0.1, 0.15) is 40.4 Å². The lowest BCUT2D eigenvalue weighted by Crippen LogP contribution is -2.56. The fourth-order valence-electron chi connectivity index (χ4n) is 4.25. The first-order valence-corrected chi connectivity index (χ1v) is 15.9. The number of benzene rings is 2. The molecule has 0 aromatic heterocycles. The Morgan fingerprint density at radius 1 is 0.889 bits per heavy atom. The smallest absolute Gasteiger partial charge is 0.305 e. The van der Waals surface area contributed by atoms with Crippen molar-refractivity contribution in [3.05, 3.63) is 65.7 Å². The minimum absolute atomic E-state index is 0.112. The largest absolute Gasteiger partial charge is 0.481 e. The van der Waals surface area contributed by atoms with E-state index >= 15 is 0 Å². The number of nitrogens with zero attached hydrogens (tertiary/aromatic N) is 1. The maximum atomic E-state index is 13.5. The second-order valence-electron chi connectivity index (χ2n) is 9.81. The highest BCUT2D eigenvalue weighted by molar-refractivity contribution is 8.76. The summed E-state index contributed by atoms with van der Waals surface area (Å²) in [6.07, 6.45) is -0.394. The number of hydrogen-bond acceptors (Lipinski definition) is 9. The molecule has 0 radical (unpaired) electrons. The molecule has 17 heteroatoms. The van der Waals surface area contributed by atoms with Crippen molar-refractivity contribution in [1.29, 1.82) is 0 Å². The molecule has 1 aliphatic rings. The maximum absolute atomic E-state index is 13.5. The van der Waals surface area contributed by atoms with E-state index in [1.54, 1.807) is 54.6 Å². The SMILES string of the molecule is NC(=O)[C@H]1NC(=O)[C@H](CC(=O)O)NC(=O)CNC(=O)[C@H](CCCN=C(N)N)NC(=O)c2ccccc2SSC1c1ccccc1. The summed E-state index contributed by atoms with van der Waals surface area (Å²) in [5.41, 5.74) is 17.3. The average molecular weight is 659 g/mol. The first-order valence-electron chi connectivity index (χ1n) is 13.7. The van der Waals surface area contributed by atoms with Gasteiger partial charge in [-0.1, -0.05) is 64.1 Å². The summed E-state index contributed by atoms with van der Waals surface area (Å²) in [5, 5.41) is 18.5. The van der Waals surface area contributed by atoms with Crippen LogP contribution in [0.15, 0.2) is 64.5 Å². The van der Waals surface area contributed by atoms with E-state index in [1.165, 1.54) is 0 Å². The van der Waals surface area contributed by atoms with Crippen molar-refractivity contribution in [3.63, 3.8) is 0 Å². The zero-order chi connectivity index (χ0) is 32.9. The first kappa shape index (κ1) is 34.7. The fourth-order valence-corrected chi connectivity index (χ4v) is 7.15. The van der Waals surface area contributed by atoms with Crippen molar-refractivity contribution in [2.45, 2.75) is 47.5 Å². The van der Waals surface area contributed by atoms with Gasteiger partial charge in [0.15, 0.2) is 5.96 Å². The van der Waals surface area contributed by atoms with Gasteiger partial charge in [0.2, 0.25) is 23.6 Å². The Bertz CT molecular complexity index is 1440. The number of nitrogens with one attached hydrogen (secondary N) is 4. The van der Waals surface area contributed by atoms with E-state index in [2.05, 4.69) is 26.3 Å². The quantitative estimate of drug-likeness (QED) is 0.0767. The van der Waals surface area contributed by atoms with Crippen LogP contribution in [0.2, 0.25) is 0 Å². The van der Waals surface area contributed by atoms with Gasteiger partial charge in [-0.3, -0.25) is 33.8 Å². The Balaban J connectivity index is 2.03. The number of primary amides is 1. The number of carbonyl (C=O) groups is 6. The molecule has 240 valence electrons. The number of carbonyl (C=O) groups excluding carboxylic acids is 5. The monoisotopic (exact) mass is 658 g/mol. The number of carboxylic acid groups (broad SMARTS) is 1. The van der Waals surface area contributed by atoms with Crippen LogP contribution in [0.25, 0.3) is 0 Å². The number of nitrogens with two attached hydrogens (primary N) is 3. The molecule has 11 N–H and O–H groups in total. The highest BCUT2D eigenvalue weighted by Gasteiger charge is 2.34. The van der Waals surface area contributed by atoms with Crippen LogP contribution in [0.4, 0.5) is 0 Å². The van der Waals surface area contributed by atoms with E-state index in [0.29, 0.717) is 16.9 Å². The molecule has 3 rings (SSSR count). The first-order chi connectivity index (χ1) is 21.5. The normalized spacial score (nSPS) is 21.5. The van der Waals surface area contributed by atoms with Crippen LogP contribution in [0, 0.1) is 0 Å². The van der Waals surface area contributed by atoms with Crippen LogP contribution < -0.4 is 38.5 Å². The molecule has 1 unspecified atom stereocenters. The third kappa shape index (κ3) is 10.7. The molecule has 0 saturated carbocycles. The van der Waals surface area contributed by atoms with Crippen LogP contribution in [-0.2, 0) is 24.0 Å². The highest BCUT2D eigenvalue weighted by Crippen LogP contribution is 2.45. The Morgan fingerprint density at radius 2 is 1.58 bits per heavy atom. The van der Waals surface area contributed by atoms with E-state index in [0.717, 1.165) is 21.6 Å². The summed E-state index contributed by atoms with van der Waals surface area (Å²) in [6.45, 7) is -0.462. The van der Waals surface area contributed by atoms with Crippen molar-refractivity contribution >= 4 is 63.1 Å². The zero-order valence-electron chi connectivity index (χ0n) is 23.9. The van der Waals surface area contributed by atoms with Gasteiger partial charge in [0.1, 0.15) is 18.1 Å². The highest BCUT2D eigenvalue weighted by atomic mass is 33.1. The molecule has 0 fully saturated rings. The Labute approximate surface area is 266 Å². The van der Waals surface area contributed by atoms with Gasteiger partial charge in [-0.2, -0.15) is 0 Å². The molecule has 4 atom stereocenters. The fraction of sp³-hybridized carbons (Fsp3) is 0.321. The molecule has 1 aliphatic heterocycles. The number of rotatable bonds is 8. The summed E-state index contributed by atoms with van der Waals surface area (Å²) in [5.74, 6) is -5.58. The minimum Gasteiger partial charge on any atom is -0.481 e. The van der Waals surface area contributed by atoms with Crippen molar-refractivity contribution < 1.29 is 33.9 Å². The van der Waals surface area contributed by atoms with Crippen LogP contribution in [0.5, 0.6) is 0 Å². The number of guanidine groups is 1. The van der Waals surface area contributed by atoms with Crippen molar-refractivity contribution in [1.82, 2.24) is 21.3 Å². The molecular weight excluding hydrogens is 624 g/mol. The Kier molecular flexibility index (Phi) is 13.0. The van der Waals surface area contributed by atoms with E-state index in [4.69, 9.17) is 17.2 Å². The molecule has 0 spiro atoms. The van der Waals surface area contributed by atoms with Gasteiger partial charge in [0.05, 0.1) is 23.8 Å². The number of hydrogen-bond donors (Lipinski definition) is 8. The van der Waals surface area contributed by atoms with Crippen LogP contribution in [0.3, 0.4) is 0 Å². The third-order valence-corrected chi connectivity index (χ3v) is 9.26. The van der Waals surface area contributed by atoms with E-state index in [1.807, 2.05) is 0 Å². The molecule has 45 heavy (non-hydrogen) atoms. The summed E-state index contributed by atoms with van der Waals surface area (Å²) in [7, 11) is 2.28. The summed E-state index contributed by atoms with van der Waals surface area (Å²) in [6, 6.07) is 11.2. The van der Waals surface area contributed by atoms with Gasteiger partial charge in [0.25, 0.3) is 5.91 Å². The maximum Gasteiger partial charge on any atom is 0.305 e. The molecule has 15 nitrogen and oxygen atoms in total. The lowest BCUT2D eigenvalue weighted by Gasteiger charge is -2.27. The second kappa shape index (κ2) is 16.9. The van der Waals surface area contributed by atoms with Crippen molar-refractivity contribution in [2.24, 2.45) is 22.2 Å². The molecule has 0 bridgehead atoms. The van der Waals surface area contributed by atoms with E-state index in [-0.39, 0.29) is 24.5 Å². The summed E-state index contributed by atoms with van der Waals surface area (Å²) < 4.78 is 0. The molecule has 1 heterocycles. The van der Waals surface area contributed by atoms with Gasteiger partial charge >= 0.3 is 5.97 Å². The topological polar surface area (TPSA) is 261 Å². The van der Waals surface area contributed by atoms with Crippen LogP contribution in [-0.4, -0.2) is 77.8 Å². The van der Waals surface area contributed by atoms with E-state index < -0.39 is 71.8 Å². The van der Waals surface area contributed by atoms with E-state index in [9.17, 15) is 33.9 Å². The summed E-state index contributed by atoms with van der Waals surface area (Å²) in [4.78, 5) is 81.3. The van der Waals surface area contributed by atoms with Gasteiger partial charge in [-0.25, -0.2) is 0 Å². The van der Waals surface area contributed by atoms with Crippen LogP contribution >= 0.6 is 21.6 Å².